The Hall–Kier alpha value is -2.15. The minimum Gasteiger partial charge on any atom is -0.379 e. The molecular weight excluding hydrogens is 289 g/mol. The number of morpholine rings is 1. The number of nitrogens with zero attached hydrogens (tertiary/aromatic N) is 1. The number of ether oxygens (including phenoxy) is 1. The van der Waals surface area contributed by atoms with Crippen LogP contribution in [0.3, 0.4) is 0 Å². The van der Waals surface area contributed by atoms with Crippen LogP contribution in [0.15, 0.2) is 48.5 Å². The van der Waals surface area contributed by atoms with Gasteiger partial charge in [0, 0.05) is 18.7 Å². The van der Waals surface area contributed by atoms with Crippen LogP contribution in [0.2, 0.25) is 0 Å². The van der Waals surface area contributed by atoms with E-state index >= 15 is 0 Å². The van der Waals surface area contributed by atoms with Crippen LogP contribution >= 0.6 is 0 Å². The molecule has 0 bridgehead atoms. The van der Waals surface area contributed by atoms with Crippen LogP contribution in [0.4, 0.5) is 4.39 Å². The quantitative estimate of drug-likeness (QED) is 0.787. The summed E-state index contributed by atoms with van der Waals surface area (Å²) in [6.07, 6.45) is 0. The number of hydrogen-bond donors (Lipinski definition) is 0. The molecule has 2 nitrogen and oxygen atoms in total. The standard InChI is InChI=1S/C20H20FNO/c1-16-2-4-17(5-3-16)6-11-20(22-12-14-23-15-13-22)18-7-9-19(21)10-8-18/h2-5,7-10,20H,12-15H2,1H3. The lowest BCUT2D eigenvalue weighted by Crippen LogP contribution is -2.38. The summed E-state index contributed by atoms with van der Waals surface area (Å²) in [5, 5.41) is 0. The predicted octanol–water partition coefficient (Wildman–Crippen LogP) is 3.56. The van der Waals surface area contributed by atoms with Gasteiger partial charge in [-0.1, -0.05) is 41.7 Å². The van der Waals surface area contributed by atoms with Gasteiger partial charge in [0.05, 0.1) is 19.3 Å². The first-order chi connectivity index (χ1) is 11.2. The molecular formula is C20H20FNO. The molecule has 0 amide bonds. The van der Waals surface area contributed by atoms with Crippen molar-refractivity contribution >= 4 is 0 Å². The van der Waals surface area contributed by atoms with E-state index < -0.39 is 0 Å². The monoisotopic (exact) mass is 309 g/mol. The second-order valence-corrected chi connectivity index (χ2v) is 5.74. The number of halogens is 1. The molecule has 0 radical (unpaired) electrons. The van der Waals surface area contributed by atoms with Gasteiger partial charge in [-0.2, -0.15) is 0 Å². The Balaban J connectivity index is 1.88. The van der Waals surface area contributed by atoms with Crippen LogP contribution in [0.5, 0.6) is 0 Å². The van der Waals surface area contributed by atoms with E-state index in [1.807, 2.05) is 24.3 Å². The van der Waals surface area contributed by atoms with E-state index in [1.54, 1.807) is 0 Å². The molecule has 2 aromatic carbocycles. The van der Waals surface area contributed by atoms with E-state index in [0.29, 0.717) is 13.2 Å². The zero-order valence-electron chi connectivity index (χ0n) is 13.3. The summed E-state index contributed by atoms with van der Waals surface area (Å²) in [5.74, 6) is 6.39. The number of benzene rings is 2. The normalized spacial score (nSPS) is 16.4. The first-order valence-electron chi connectivity index (χ1n) is 7.88. The Labute approximate surface area is 136 Å². The van der Waals surface area contributed by atoms with Crippen LogP contribution in [0, 0.1) is 24.6 Å². The predicted molar refractivity (Wildman–Crippen MR) is 89.6 cm³/mol. The maximum atomic E-state index is 13.2. The van der Waals surface area contributed by atoms with Crippen molar-refractivity contribution in [3.05, 3.63) is 71.0 Å². The number of rotatable bonds is 2. The molecule has 1 atom stereocenters. The van der Waals surface area contributed by atoms with Gasteiger partial charge in [-0.25, -0.2) is 4.39 Å². The van der Waals surface area contributed by atoms with E-state index in [-0.39, 0.29) is 11.9 Å². The largest absolute Gasteiger partial charge is 0.379 e. The maximum absolute atomic E-state index is 13.2. The van der Waals surface area contributed by atoms with Gasteiger partial charge in [-0.05, 0) is 36.8 Å². The van der Waals surface area contributed by atoms with Crippen molar-refractivity contribution in [2.45, 2.75) is 13.0 Å². The second-order valence-electron chi connectivity index (χ2n) is 5.74. The Bertz CT molecular complexity index is 691. The van der Waals surface area contributed by atoms with Crippen molar-refractivity contribution in [2.24, 2.45) is 0 Å². The zero-order chi connectivity index (χ0) is 16.1. The summed E-state index contributed by atoms with van der Waals surface area (Å²) in [4.78, 5) is 2.29. The third kappa shape index (κ3) is 4.19. The topological polar surface area (TPSA) is 12.5 Å². The smallest absolute Gasteiger partial charge is 0.123 e. The van der Waals surface area contributed by atoms with E-state index in [2.05, 4.69) is 35.8 Å². The summed E-state index contributed by atoms with van der Waals surface area (Å²) in [7, 11) is 0. The average Bonchev–Trinajstić information content (AvgIpc) is 2.59. The molecule has 0 aliphatic carbocycles. The molecule has 1 unspecified atom stereocenters. The van der Waals surface area contributed by atoms with Gasteiger partial charge < -0.3 is 4.74 Å². The van der Waals surface area contributed by atoms with Crippen molar-refractivity contribution in [3.8, 4) is 11.8 Å². The molecule has 0 N–H and O–H groups in total. The Morgan fingerprint density at radius 3 is 2.30 bits per heavy atom. The Kier molecular flexibility index (Phi) is 5.07. The van der Waals surface area contributed by atoms with Gasteiger partial charge in [0.25, 0.3) is 0 Å². The van der Waals surface area contributed by atoms with Crippen molar-refractivity contribution in [1.82, 2.24) is 4.90 Å². The fourth-order valence-electron chi connectivity index (χ4n) is 2.65. The summed E-state index contributed by atoms with van der Waals surface area (Å²) in [6.45, 7) is 5.16. The van der Waals surface area contributed by atoms with Gasteiger partial charge in [-0.3, -0.25) is 4.90 Å². The van der Waals surface area contributed by atoms with E-state index in [4.69, 9.17) is 4.74 Å². The molecule has 3 rings (SSSR count). The van der Waals surface area contributed by atoms with Gasteiger partial charge in [0.1, 0.15) is 5.82 Å². The van der Waals surface area contributed by atoms with Crippen LogP contribution in [0.1, 0.15) is 22.7 Å². The third-order valence-electron chi connectivity index (χ3n) is 4.00. The lowest BCUT2D eigenvalue weighted by Gasteiger charge is -2.31. The van der Waals surface area contributed by atoms with Gasteiger partial charge >= 0.3 is 0 Å². The highest BCUT2D eigenvalue weighted by Gasteiger charge is 2.20. The van der Waals surface area contributed by atoms with Gasteiger partial charge in [0.15, 0.2) is 0 Å². The summed E-state index contributed by atoms with van der Waals surface area (Å²) in [6, 6.07) is 14.8. The maximum Gasteiger partial charge on any atom is 0.123 e. The van der Waals surface area contributed by atoms with E-state index in [0.717, 1.165) is 24.2 Å². The molecule has 23 heavy (non-hydrogen) atoms. The average molecular weight is 309 g/mol. The molecule has 2 aromatic rings. The zero-order valence-corrected chi connectivity index (χ0v) is 13.3. The summed E-state index contributed by atoms with van der Waals surface area (Å²) in [5.41, 5.74) is 3.24. The molecule has 1 aliphatic rings. The summed E-state index contributed by atoms with van der Waals surface area (Å²) < 4.78 is 18.6. The first kappa shape index (κ1) is 15.7. The highest BCUT2D eigenvalue weighted by molar-refractivity contribution is 5.39. The molecule has 1 aliphatic heterocycles. The van der Waals surface area contributed by atoms with Crippen molar-refractivity contribution < 1.29 is 9.13 Å². The molecule has 118 valence electrons. The van der Waals surface area contributed by atoms with E-state index in [1.165, 1.54) is 17.7 Å². The first-order valence-corrected chi connectivity index (χ1v) is 7.88. The van der Waals surface area contributed by atoms with E-state index in [9.17, 15) is 4.39 Å². The molecule has 1 heterocycles. The molecule has 0 saturated carbocycles. The SMILES string of the molecule is Cc1ccc(C#CC(c2ccc(F)cc2)N2CCOCC2)cc1. The molecule has 3 heteroatoms. The third-order valence-corrected chi connectivity index (χ3v) is 4.00. The minimum atomic E-state index is -0.221. The lowest BCUT2D eigenvalue weighted by atomic mass is 10.0. The van der Waals surface area contributed by atoms with Crippen LogP contribution in [-0.2, 0) is 4.74 Å². The number of hydrogen-bond acceptors (Lipinski definition) is 2. The van der Waals surface area contributed by atoms with Crippen LogP contribution < -0.4 is 0 Å². The highest BCUT2D eigenvalue weighted by Crippen LogP contribution is 2.21. The van der Waals surface area contributed by atoms with Crippen LogP contribution in [-0.4, -0.2) is 31.2 Å². The highest BCUT2D eigenvalue weighted by atomic mass is 19.1. The van der Waals surface area contributed by atoms with Gasteiger partial charge in [0.2, 0.25) is 0 Å². The van der Waals surface area contributed by atoms with Crippen LogP contribution in [0.25, 0.3) is 0 Å². The fraction of sp³-hybridized carbons (Fsp3) is 0.300. The van der Waals surface area contributed by atoms with Gasteiger partial charge in [-0.15, -0.1) is 0 Å². The van der Waals surface area contributed by atoms with Crippen molar-refractivity contribution in [2.75, 3.05) is 26.3 Å². The lowest BCUT2D eigenvalue weighted by molar-refractivity contribution is 0.0270. The molecule has 1 fully saturated rings. The Morgan fingerprint density at radius 1 is 1.00 bits per heavy atom. The minimum absolute atomic E-state index is 0.0409. The van der Waals surface area contributed by atoms with Crippen molar-refractivity contribution in [1.29, 1.82) is 0 Å². The second kappa shape index (κ2) is 7.41. The number of aryl methyl sites for hydroxylation is 1. The fourth-order valence-corrected chi connectivity index (χ4v) is 2.65. The summed E-state index contributed by atoms with van der Waals surface area (Å²) >= 11 is 0. The molecule has 0 spiro atoms. The molecule has 1 saturated heterocycles. The molecule has 0 aromatic heterocycles. The Morgan fingerprint density at radius 2 is 1.65 bits per heavy atom. The van der Waals surface area contributed by atoms with Crippen molar-refractivity contribution in [3.63, 3.8) is 0 Å².